The smallest absolute Gasteiger partial charge is 0.253 e. The molecule has 6 nitrogen and oxygen atoms in total. The predicted octanol–water partition coefficient (Wildman–Crippen LogP) is 4.70. The number of aromatic nitrogens is 4. The number of aryl methyl sites for hydroxylation is 3. The molecule has 4 rings (SSSR count). The minimum absolute atomic E-state index is 0.102. The molecule has 0 unspecified atom stereocenters. The maximum Gasteiger partial charge on any atom is 0.253 e. The first-order valence-corrected chi connectivity index (χ1v) is 11.7. The largest absolute Gasteiger partial charge is 0.351 e. The van der Waals surface area contributed by atoms with Gasteiger partial charge in [0.2, 0.25) is 11.1 Å². The summed E-state index contributed by atoms with van der Waals surface area (Å²) >= 11 is 7.43. The Kier molecular flexibility index (Phi) is 6.77. The van der Waals surface area contributed by atoms with E-state index in [1.807, 2.05) is 38.1 Å². The van der Waals surface area contributed by atoms with E-state index in [0.29, 0.717) is 22.5 Å². The van der Waals surface area contributed by atoms with E-state index in [-0.39, 0.29) is 11.7 Å². The normalized spacial score (nSPS) is 11.1. The fourth-order valence-corrected chi connectivity index (χ4v) is 4.40. The molecule has 0 fully saturated rings. The Balaban J connectivity index is 1.44. The molecule has 2 heterocycles. The number of rotatable bonds is 7. The van der Waals surface area contributed by atoms with Crippen LogP contribution in [0.4, 0.5) is 0 Å². The van der Waals surface area contributed by atoms with Crippen molar-refractivity contribution in [1.82, 2.24) is 24.9 Å². The van der Waals surface area contributed by atoms with Gasteiger partial charge < -0.3 is 5.32 Å². The number of nitrogens with one attached hydrogen (secondary N) is 1. The number of halogens is 1. The zero-order chi connectivity index (χ0) is 22.7. The molecule has 0 aliphatic carbocycles. The van der Waals surface area contributed by atoms with Crippen LogP contribution >= 0.6 is 23.4 Å². The van der Waals surface area contributed by atoms with Crippen LogP contribution in [0.5, 0.6) is 0 Å². The molecular formula is C24H24ClN5OS. The van der Waals surface area contributed by atoms with Crippen molar-refractivity contribution in [2.75, 3.05) is 5.75 Å². The molecule has 0 aliphatic rings. The highest BCUT2D eigenvalue weighted by atomic mass is 35.5. The Morgan fingerprint density at radius 2 is 1.91 bits per heavy atom. The van der Waals surface area contributed by atoms with E-state index in [0.717, 1.165) is 28.9 Å². The van der Waals surface area contributed by atoms with Crippen molar-refractivity contribution in [3.8, 4) is 0 Å². The molecule has 0 bridgehead atoms. The highest BCUT2D eigenvalue weighted by molar-refractivity contribution is 7.99. The molecule has 1 amide bonds. The summed E-state index contributed by atoms with van der Waals surface area (Å²) in [5, 5.41) is 8.63. The summed E-state index contributed by atoms with van der Waals surface area (Å²) in [5.41, 5.74) is 6.45. The van der Waals surface area contributed by atoms with Crippen molar-refractivity contribution in [2.24, 2.45) is 0 Å². The number of carbonyl (C=O) groups is 1. The average Bonchev–Trinajstić information content (AvgIpc) is 3.18. The molecule has 4 aromatic rings. The zero-order valence-corrected chi connectivity index (χ0v) is 19.8. The zero-order valence-electron chi connectivity index (χ0n) is 18.2. The van der Waals surface area contributed by atoms with Crippen molar-refractivity contribution < 1.29 is 4.79 Å². The third-order valence-electron chi connectivity index (χ3n) is 5.26. The van der Waals surface area contributed by atoms with Crippen LogP contribution < -0.4 is 5.32 Å². The van der Waals surface area contributed by atoms with Crippen LogP contribution in [0.1, 0.15) is 33.6 Å². The van der Waals surface area contributed by atoms with Crippen LogP contribution in [0, 0.1) is 20.8 Å². The van der Waals surface area contributed by atoms with Crippen molar-refractivity contribution in [3.05, 3.63) is 87.2 Å². The van der Waals surface area contributed by atoms with E-state index in [2.05, 4.69) is 51.6 Å². The van der Waals surface area contributed by atoms with E-state index in [1.165, 1.54) is 22.9 Å². The summed E-state index contributed by atoms with van der Waals surface area (Å²) in [6, 6.07) is 15.9. The van der Waals surface area contributed by atoms with E-state index in [9.17, 15) is 4.79 Å². The van der Waals surface area contributed by atoms with E-state index < -0.39 is 0 Å². The summed E-state index contributed by atoms with van der Waals surface area (Å²) in [4.78, 5) is 21.4. The highest BCUT2D eigenvalue weighted by Crippen LogP contribution is 2.21. The molecule has 0 saturated carbocycles. The summed E-state index contributed by atoms with van der Waals surface area (Å²) in [5.74, 6) is 0.664. The van der Waals surface area contributed by atoms with Gasteiger partial charge in [-0.2, -0.15) is 4.98 Å². The maximum atomic E-state index is 12.3. The SMILES string of the molecule is Cc1cccc(Cc2c(C)nc3nc(SCC(=O)NCc4ccccc4Cl)nn3c2C)c1. The fraction of sp³-hybridized carbons (Fsp3) is 0.250. The molecular weight excluding hydrogens is 442 g/mol. The Morgan fingerprint density at radius 1 is 1.09 bits per heavy atom. The lowest BCUT2D eigenvalue weighted by Gasteiger charge is -2.10. The van der Waals surface area contributed by atoms with E-state index >= 15 is 0 Å². The molecule has 0 spiro atoms. The van der Waals surface area contributed by atoms with Gasteiger partial charge in [0.25, 0.3) is 5.78 Å². The molecule has 0 aliphatic heterocycles. The van der Waals surface area contributed by atoms with Gasteiger partial charge in [-0.15, -0.1) is 5.10 Å². The van der Waals surface area contributed by atoms with Crippen molar-refractivity contribution in [2.45, 2.75) is 38.9 Å². The van der Waals surface area contributed by atoms with Gasteiger partial charge in [-0.3, -0.25) is 4.79 Å². The predicted molar refractivity (Wildman–Crippen MR) is 128 cm³/mol. The molecule has 2 aromatic heterocycles. The van der Waals surface area contributed by atoms with Gasteiger partial charge in [0, 0.05) is 29.4 Å². The number of hydrogen-bond donors (Lipinski definition) is 1. The minimum Gasteiger partial charge on any atom is -0.351 e. The van der Waals surface area contributed by atoms with Crippen molar-refractivity contribution in [3.63, 3.8) is 0 Å². The van der Waals surface area contributed by atoms with Gasteiger partial charge in [0.05, 0.1) is 5.75 Å². The van der Waals surface area contributed by atoms with Gasteiger partial charge >= 0.3 is 0 Å². The number of thioether (sulfide) groups is 1. The van der Waals surface area contributed by atoms with Crippen molar-refractivity contribution in [1.29, 1.82) is 0 Å². The van der Waals surface area contributed by atoms with E-state index in [1.54, 1.807) is 4.52 Å². The van der Waals surface area contributed by atoms with Gasteiger partial charge in [-0.05, 0) is 43.5 Å². The number of nitrogens with zero attached hydrogens (tertiary/aromatic N) is 4. The van der Waals surface area contributed by atoms with Crippen LogP contribution in [0.2, 0.25) is 5.02 Å². The first-order chi connectivity index (χ1) is 15.4. The topological polar surface area (TPSA) is 72.2 Å². The first kappa shape index (κ1) is 22.3. The number of benzene rings is 2. The van der Waals surface area contributed by atoms with Crippen LogP contribution in [-0.2, 0) is 17.8 Å². The number of fused-ring (bicyclic) bond motifs is 1. The first-order valence-electron chi connectivity index (χ1n) is 10.3. The Bertz CT molecular complexity index is 1290. The molecule has 1 N–H and O–H groups in total. The maximum absolute atomic E-state index is 12.3. The molecule has 0 saturated heterocycles. The lowest BCUT2D eigenvalue weighted by atomic mass is 10.0. The van der Waals surface area contributed by atoms with Gasteiger partial charge in [0.15, 0.2) is 0 Å². The Labute approximate surface area is 196 Å². The average molecular weight is 466 g/mol. The molecule has 8 heteroatoms. The Hall–Kier alpha value is -2.90. The number of carbonyl (C=O) groups excluding carboxylic acids is 1. The summed E-state index contributed by atoms with van der Waals surface area (Å²) in [6.07, 6.45) is 0.787. The second kappa shape index (κ2) is 9.71. The summed E-state index contributed by atoms with van der Waals surface area (Å²) in [6.45, 7) is 6.52. The minimum atomic E-state index is -0.102. The molecule has 164 valence electrons. The fourth-order valence-electron chi connectivity index (χ4n) is 3.55. The van der Waals surface area contributed by atoms with Gasteiger partial charge in [-0.1, -0.05) is 71.4 Å². The lowest BCUT2D eigenvalue weighted by Crippen LogP contribution is -2.24. The van der Waals surface area contributed by atoms with E-state index in [4.69, 9.17) is 11.6 Å². The molecule has 2 aromatic carbocycles. The third kappa shape index (κ3) is 5.11. The number of hydrogen-bond acceptors (Lipinski definition) is 5. The van der Waals surface area contributed by atoms with Crippen LogP contribution in [0.25, 0.3) is 5.78 Å². The van der Waals surface area contributed by atoms with Crippen LogP contribution in [-0.4, -0.2) is 31.2 Å². The van der Waals surface area contributed by atoms with Crippen LogP contribution in [0.15, 0.2) is 53.7 Å². The van der Waals surface area contributed by atoms with Crippen LogP contribution in [0.3, 0.4) is 0 Å². The summed E-state index contributed by atoms with van der Waals surface area (Å²) < 4.78 is 1.77. The standard InChI is InChI=1S/C24H24ClN5OS/c1-15-7-6-8-18(11-15)12-20-16(2)27-23-28-24(29-30(23)17(20)3)32-14-22(31)26-13-19-9-4-5-10-21(19)25/h4-11H,12-14H2,1-3H3,(H,26,31). The molecule has 0 radical (unpaired) electrons. The lowest BCUT2D eigenvalue weighted by molar-refractivity contribution is -0.118. The van der Waals surface area contributed by atoms with Gasteiger partial charge in [-0.25, -0.2) is 9.50 Å². The van der Waals surface area contributed by atoms with Gasteiger partial charge in [0.1, 0.15) is 0 Å². The second-order valence-electron chi connectivity index (χ2n) is 7.69. The molecule has 32 heavy (non-hydrogen) atoms. The number of amides is 1. The van der Waals surface area contributed by atoms with Crippen molar-refractivity contribution >= 4 is 35.0 Å². The second-order valence-corrected chi connectivity index (χ2v) is 9.04. The summed E-state index contributed by atoms with van der Waals surface area (Å²) in [7, 11) is 0. The monoisotopic (exact) mass is 465 g/mol. The molecule has 0 atom stereocenters. The third-order valence-corrected chi connectivity index (χ3v) is 6.47. The quantitative estimate of drug-likeness (QED) is 0.400. The Morgan fingerprint density at radius 3 is 2.69 bits per heavy atom. The highest BCUT2D eigenvalue weighted by Gasteiger charge is 2.15.